The van der Waals surface area contributed by atoms with E-state index in [-0.39, 0.29) is 17.7 Å². The van der Waals surface area contributed by atoms with Crippen molar-refractivity contribution in [2.75, 3.05) is 12.3 Å². The fraction of sp³-hybridized carbons (Fsp3) is 0.588. The zero-order valence-corrected chi connectivity index (χ0v) is 12.6. The molecule has 1 saturated heterocycles. The lowest BCUT2D eigenvalue weighted by molar-refractivity contribution is -0.0598. The summed E-state index contributed by atoms with van der Waals surface area (Å²) in [6, 6.07) is 5.26. The van der Waals surface area contributed by atoms with Crippen LogP contribution in [0.4, 0.5) is 5.69 Å². The molecule has 0 bridgehead atoms. The normalized spacial score (nSPS) is 23.6. The van der Waals surface area contributed by atoms with Crippen molar-refractivity contribution in [3.63, 3.8) is 0 Å². The van der Waals surface area contributed by atoms with Crippen LogP contribution in [0, 0.1) is 6.92 Å². The van der Waals surface area contributed by atoms with Gasteiger partial charge in [0.15, 0.2) is 0 Å². The van der Waals surface area contributed by atoms with Gasteiger partial charge in [0.05, 0.1) is 17.3 Å². The van der Waals surface area contributed by atoms with Crippen LogP contribution in [-0.4, -0.2) is 24.3 Å². The number of hydrogen-bond donors (Lipinski definition) is 1. The van der Waals surface area contributed by atoms with Crippen LogP contribution in [0.1, 0.15) is 54.4 Å². The molecule has 1 aromatic rings. The lowest BCUT2D eigenvalue weighted by Gasteiger charge is -2.23. The molecule has 2 N–H and O–H groups in total. The predicted octanol–water partition coefficient (Wildman–Crippen LogP) is 3.23. The van der Waals surface area contributed by atoms with Gasteiger partial charge < -0.3 is 15.2 Å². The lowest BCUT2D eigenvalue weighted by atomic mass is 9.98. The molecule has 0 aromatic heterocycles. The van der Waals surface area contributed by atoms with Crippen molar-refractivity contribution in [3.8, 4) is 0 Å². The number of aryl methyl sites for hydroxylation is 1. The molecule has 1 unspecified atom stereocenters. The zero-order chi connectivity index (χ0) is 14.9. The molecule has 4 nitrogen and oxygen atoms in total. The second-order valence-electron chi connectivity index (χ2n) is 6.34. The Hall–Kier alpha value is -1.55. The quantitative estimate of drug-likeness (QED) is 0.685. The highest BCUT2D eigenvalue weighted by atomic mass is 16.6. The van der Waals surface area contributed by atoms with E-state index in [1.807, 2.05) is 13.0 Å². The maximum Gasteiger partial charge on any atom is 0.338 e. The van der Waals surface area contributed by atoms with Crippen LogP contribution in [0.3, 0.4) is 0 Å². The minimum absolute atomic E-state index is 0.0508. The van der Waals surface area contributed by atoms with E-state index in [2.05, 4.69) is 0 Å². The molecule has 2 fully saturated rings. The average molecular weight is 289 g/mol. The van der Waals surface area contributed by atoms with Crippen molar-refractivity contribution in [1.29, 1.82) is 0 Å². The molecule has 1 atom stereocenters. The van der Waals surface area contributed by atoms with Gasteiger partial charge in [0.1, 0.15) is 6.61 Å². The first-order valence-electron chi connectivity index (χ1n) is 7.79. The summed E-state index contributed by atoms with van der Waals surface area (Å²) in [4.78, 5) is 12.0. The van der Waals surface area contributed by atoms with E-state index in [9.17, 15) is 4.79 Å². The summed E-state index contributed by atoms with van der Waals surface area (Å²) in [6.07, 6.45) is 6.98. The van der Waals surface area contributed by atoms with Crippen molar-refractivity contribution < 1.29 is 14.3 Å². The number of carbonyl (C=O) groups is 1. The Kier molecular flexibility index (Phi) is 3.89. The van der Waals surface area contributed by atoms with Gasteiger partial charge in [-0.1, -0.05) is 18.9 Å². The fourth-order valence-electron chi connectivity index (χ4n) is 3.42. The Morgan fingerprint density at radius 1 is 1.38 bits per heavy atom. The van der Waals surface area contributed by atoms with Crippen LogP contribution >= 0.6 is 0 Å². The maximum absolute atomic E-state index is 12.0. The SMILES string of the molecule is Cc1ccc(C(=O)OCC2CCC3(CCCC3)O2)cc1N. The molecule has 4 heteroatoms. The van der Waals surface area contributed by atoms with Crippen LogP contribution in [-0.2, 0) is 9.47 Å². The monoisotopic (exact) mass is 289 g/mol. The molecule has 0 radical (unpaired) electrons. The van der Waals surface area contributed by atoms with Crippen molar-refractivity contribution in [2.24, 2.45) is 0 Å². The number of nitrogen functional groups attached to an aromatic ring is 1. The summed E-state index contributed by atoms with van der Waals surface area (Å²) in [5, 5.41) is 0. The van der Waals surface area contributed by atoms with Gasteiger partial charge in [-0.25, -0.2) is 4.79 Å². The van der Waals surface area contributed by atoms with E-state index >= 15 is 0 Å². The number of ether oxygens (including phenoxy) is 2. The van der Waals surface area contributed by atoms with Crippen LogP contribution in [0.5, 0.6) is 0 Å². The molecule has 1 saturated carbocycles. The van der Waals surface area contributed by atoms with E-state index in [1.165, 1.54) is 12.8 Å². The Balaban J connectivity index is 1.53. The van der Waals surface area contributed by atoms with Crippen molar-refractivity contribution in [1.82, 2.24) is 0 Å². The first-order valence-corrected chi connectivity index (χ1v) is 7.79. The number of hydrogen-bond acceptors (Lipinski definition) is 4. The van der Waals surface area contributed by atoms with Crippen LogP contribution < -0.4 is 5.73 Å². The number of carbonyl (C=O) groups excluding carboxylic acids is 1. The minimum Gasteiger partial charge on any atom is -0.459 e. The summed E-state index contributed by atoms with van der Waals surface area (Å²) < 4.78 is 11.5. The summed E-state index contributed by atoms with van der Waals surface area (Å²) in [6.45, 7) is 2.26. The molecule has 1 aliphatic heterocycles. The average Bonchev–Trinajstić information content (AvgIpc) is 3.10. The molecule has 114 valence electrons. The molecule has 3 rings (SSSR count). The summed E-state index contributed by atoms with van der Waals surface area (Å²) >= 11 is 0. The number of rotatable bonds is 3. The van der Waals surface area contributed by atoms with Gasteiger partial charge in [-0.2, -0.15) is 0 Å². The van der Waals surface area contributed by atoms with Gasteiger partial charge in [0, 0.05) is 5.69 Å². The van der Waals surface area contributed by atoms with Crippen molar-refractivity contribution in [3.05, 3.63) is 29.3 Å². The first kappa shape index (κ1) is 14.4. The summed E-state index contributed by atoms with van der Waals surface area (Å²) in [5.74, 6) is -0.322. The van der Waals surface area contributed by atoms with E-state index in [0.29, 0.717) is 17.9 Å². The second-order valence-corrected chi connectivity index (χ2v) is 6.34. The largest absolute Gasteiger partial charge is 0.459 e. The van der Waals surface area contributed by atoms with Crippen LogP contribution in [0.25, 0.3) is 0 Å². The molecular formula is C17H23NO3. The highest BCUT2D eigenvalue weighted by Gasteiger charge is 2.42. The highest BCUT2D eigenvalue weighted by Crippen LogP contribution is 2.43. The van der Waals surface area contributed by atoms with Gasteiger partial charge in [0.2, 0.25) is 0 Å². The Morgan fingerprint density at radius 3 is 2.86 bits per heavy atom. The number of anilines is 1. The lowest BCUT2D eigenvalue weighted by Crippen LogP contribution is -2.27. The third-order valence-corrected chi connectivity index (χ3v) is 4.77. The smallest absolute Gasteiger partial charge is 0.338 e. The predicted molar refractivity (Wildman–Crippen MR) is 81.2 cm³/mol. The van der Waals surface area contributed by atoms with Gasteiger partial charge in [-0.05, 0) is 50.3 Å². The van der Waals surface area contributed by atoms with Crippen LogP contribution in [0.2, 0.25) is 0 Å². The second kappa shape index (κ2) is 5.68. The Labute approximate surface area is 125 Å². The molecular weight excluding hydrogens is 266 g/mol. The van der Waals surface area contributed by atoms with Crippen LogP contribution in [0.15, 0.2) is 18.2 Å². The number of nitrogens with two attached hydrogens (primary N) is 1. The van der Waals surface area contributed by atoms with Gasteiger partial charge >= 0.3 is 5.97 Å². The van der Waals surface area contributed by atoms with Crippen molar-refractivity contribution in [2.45, 2.75) is 57.2 Å². The fourth-order valence-corrected chi connectivity index (χ4v) is 3.42. The first-order chi connectivity index (χ1) is 10.1. The third-order valence-electron chi connectivity index (χ3n) is 4.77. The molecule has 1 aliphatic carbocycles. The van der Waals surface area contributed by atoms with E-state index in [4.69, 9.17) is 15.2 Å². The standard InChI is InChI=1S/C17H23NO3/c1-12-4-5-13(10-15(12)18)16(19)20-11-14-6-9-17(21-14)7-2-3-8-17/h4-5,10,14H,2-3,6-9,11,18H2,1H3. The highest BCUT2D eigenvalue weighted by molar-refractivity contribution is 5.90. The Bertz CT molecular complexity index is 535. The molecule has 1 aromatic carbocycles. The van der Waals surface area contributed by atoms with E-state index in [1.54, 1.807) is 12.1 Å². The summed E-state index contributed by atoms with van der Waals surface area (Å²) in [5.41, 5.74) is 8.00. The molecule has 1 heterocycles. The molecule has 21 heavy (non-hydrogen) atoms. The van der Waals surface area contributed by atoms with Gasteiger partial charge in [-0.3, -0.25) is 0 Å². The molecule has 2 aliphatic rings. The van der Waals surface area contributed by atoms with Gasteiger partial charge in [-0.15, -0.1) is 0 Å². The zero-order valence-electron chi connectivity index (χ0n) is 12.6. The Morgan fingerprint density at radius 2 is 2.14 bits per heavy atom. The van der Waals surface area contributed by atoms with Crippen molar-refractivity contribution >= 4 is 11.7 Å². The number of esters is 1. The van der Waals surface area contributed by atoms with E-state index in [0.717, 1.165) is 31.2 Å². The minimum atomic E-state index is -0.322. The summed E-state index contributed by atoms with van der Waals surface area (Å²) in [7, 11) is 0. The third kappa shape index (κ3) is 3.05. The topological polar surface area (TPSA) is 61.5 Å². The number of benzene rings is 1. The molecule has 0 amide bonds. The van der Waals surface area contributed by atoms with Gasteiger partial charge in [0.25, 0.3) is 0 Å². The maximum atomic E-state index is 12.0. The molecule has 1 spiro atoms. The van der Waals surface area contributed by atoms with E-state index < -0.39 is 0 Å².